The van der Waals surface area contributed by atoms with E-state index in [9.17, 15) is 5.11 Å². The Morgan fingerprint density at radius 2 is 2.00 bits per heavy atom. The molecule has 3 rings (SSSR count). The van der Waals surface area contributed by atoms with Crippen molar-refractivity contribution in [2.24, 2.45) is 17.1 Å². The summed E-state index contributed by atoms with van der Waals surface area (Å²) in [7, 11) is 0. The highest BCUT2D eigenvalue weighted by molar-refractivity contribution is 6.52. The molecule has 3 N–H and O–H groups in total. The highest BCUT2D eigenvalue weighted by Gasteiger charge is 2.35. The lowest BCUT2D eigenvalue weighted by molar-refractivity contribution is 0.329. The molecule has 3 unspecified atom stereocenters. The van der Waals surface area contributed by atoms with Crippen LogP contribution in [0, 0.1) is 11.3 Å². The smallest absolute Gasteiger partial charge is 0.546 e. The molecule has 4 heteroatoms. The van der Waals surface area contributed by atoms with Crippen LogP contribution in [-0.2, 0) is 0 Å². The number of hydrogen-bond acceptors (Lipinski definition) is 3. The van der Waals surface area contributed by atoms with Crippen molar-refractivity contribution in [3.05, 3.63) is 95.5 Å². The summed E-state index contributed by atoms with van der Waals surface area (Å²) in [6, 6.07) is 8.53. The third kappa shape index (κ3) is 6.84. The fourth-order valence-electron chi connectivity index (χ4n) is 4.86. The Kier molecular flexibility index (Phi) is 9.73. The Morgan fingerprint density at radius 3 is 2.71 bits per heavy atom. The van der Waals surface area contributed by atoms with E-state index in [1.54, 1.807) is 0 Å². The monoisotopic (exact) mass is 487 g/mol. The molecule has 35 heavy (non-hydrogen) atoms. The average Bonchev–Trinajstić information content (AvgIpc) is 3.15. The maximum absolute atomic E-state index is 10.4. The van der Waals surface area contributed by atoms with Gasteiger partial charge in [-0.25, -0.2) is 0 Å². The lowest BCUT2D eigenvalue weighted by Crippen LogP contribution is -2.31. The summed E-state index contributed by atoms with van der Waals surface area (Å²) >= 11 is -1.35. The summed E-state index contributed by atoms with van der Waals surface area (Å²) in [6.07, 6.45) is 22.6. The molecule has 0 amide bonds. The van der Waals surface area contributed by atoms with Crippen LogP contribution < -0.4 is 9.52 Å². The summed E-state index contributed by atoms with van der Waals surface area (Å²) in [5, 5.41) is 10.4. The van der Waals surface area contributed by atoms with E-state index >= 15 is 0 Å². The second-order valence-electron chi connectivity index (χ2n) is 10.2. The van der Waals surface area contributed by atoms with E-state index in [0.29, 0.717) is 16.2 Å². The second-order valence-corrected chi connectivity index (χ2v) is 13.0. The molecule has 3 atom stereocenters. The molecule has 0 saturated carbocycles. The fourth-order valence-corrected chi connectivity index (χ4v) is 6.38. The molecule has 3 nitrogen and oxygen atoms in total. The molecule has 186 valence electrons. The summed E-state index contributed by atoms with van der Waals surface area (Å²) in [5.74, 6) is 3.59. The molecule has 0 spiro atoms. The van der Waals surface area contributed by atoms with Gasteiger partial charge in [0.1, 0.15) is 5.76 Å². The quantitative estimate of drug-likeness (QED) is 0.198. The molecule has 1 aromatic rings. The molecular formula is C31H42AlNO2. The normalized spacial score (nSPS) is 23.2. The molecule has 2 aliphatic rings. The number of aliphatic hydroxyl groups excluding tert-OH is 1. The van der Waals surface area contributed by atoms with Crippen LogP contribution in [0.25, 0.3) is 5.57 Å². The van der Waals surface area contributed by atoms with Gasteiger partial charge in [0.05, 0.1) is 11.4 Å². The van der Waals surface area contributed by atoms with E-state index in [0.717, 1.165) is 37.9 Å². The Balaban J connectivity index is 1.49. The summed E-state index contributed by atoms with van der Waals surface area (Å²) in [4.78, 5) is 0. The van der Waals surface area contributed by atoms with Gasteiger partial charge in [-0.15, -0.1) is 0 Å². The number of rotatable bonds is 10. The molecule has 0 fully saturated rings. The van der Waals surface area contributed by atoms with Gasteiger partial charge in [-0.05, 0) is 54.2 Å². The first-order chi connectivity index (χ1) is 16.8. The van der Waals surface area contributed by atoms with E-state index in [1.807, 2.05) is 6.92 Å². The number of nitrogens with two attached hydrogens (primary N) is 1. The van der Waals surface area contributed by atoms with Gasteiger partial charge in [0.25, 0.3) is 0 Å². The van der Waals surface area contributed by atoms with Gasteiger partial charge < -0.3 is 14.6 Å². The minimum Gasteiger partial charge on any atom is -0.643 e. The molecular weight excluding hydrogens is 445 g/mol. The molecule has 0 heterocycles. The molecule has 0 bridgehead atoms. The highest BCUT2D eigenvalue weighted by Crippen LogP contribution is 2.43. The summed E-state index contributed by atoms with van der Waals surface area (Å²) < 4.78 is 6.98. The highest BCUT2D eigenvalue weighted by atomic mass is 27.2. The largest absolute Gasteiger partial charge is 0.643 e. The topological polar surface area (TPSA) is 55.5 Å². The Labute approximate surface area is 217 Å². The number of benzene rings is 1. The van der Waals surface area contributed by atoms with Crippen molar-refractivity contribution in [3.63, 3.8) is 0 Å². The van der Waals surface area contributed by atoms with E-state index in [2.05, 4.69) is 99.4 Å². The number of aliphatic hydroxyl groups is 1. The first-order valence-electron chi connectivity index (χ1n) is 13.1. The first kappa shape index (κ1) is 27.2. The van der Waals surface area contributed by atoms with Crippen LogP contribution in [0.1, 0.15) is 65.4 Å². The predicted octanol–water partition coefficient (Wildman–Crippen LogP) is 8.42. The van der Waals surface area contributed by atoms with Gasteiger partial charge in [0.15, 0.2) is 0 Å². The van der Waals surface area contributed by atoms with Crippen molar-refractivity contribution in [2.45, 2.75) is 70.4 Å². The Morgan fingerprint density at radius 1 is 1.26 bits per heavy atom. The Hall–Kier alpha value is -2.41. The molecule has 2 aliphatic carbocycles. The molecule has 0 saturated heterocycles. The van der Waals surface area contributed by atoms with Crippen molar-refractivity contribution in [2.75, 3.05) is 0 Å². The minimum absolute atomic E-state index is 0.00203. The lowest BCUT2D eigenvalue weighted by Gasteiger charge is -2.35. The van der Waals surface area contributed by atoms with Gasteiger partial charge in [0, 0.05) is 11.3 Å². The van der Waals surface area contributed by atoms with E-state index in [1.165, 1.54) is 16.7 Å². The molecule has 0 aliphatic heterocycles. The third-order valence-corrected chi connectivity index (χ3v) is 10.1. The molecule has 1 aromatic carbocycles. The number of hydrogen-bond donors (Lipinski definition) is 2. The zero-order valence-corrected chi connectivity index (χ0v) is 23.3. The Bertz CT molecular complexity index is 1040. The number of unbranched alkanes of at least 4 members (excludes halogenated alkanes) is 1. The van der Waals surface area contributed by atoms with Gasteiger partial charge >= 0.3 is 14.5 Å². The van der Waals surface area contributed by atoms with Gasteiger partial charge in [0.2, 0.25) is 0 Å². The summed E-state index contributed by atoms with van der Waals surface area (Å²) in [5.41, 5.74) is 10.3. The zero-order valence-electron chi connectivity index (χ0n) is 22.1. The van der Waals surface area contributed by atoms with Gasteiger partial charge in [-0.1, -0.05) is 106 Å². The van der Waals surface area contributed by atoms with Crippen LogP contribution >= 0.6 is 0 Å². The SMILES string of the molecule is CCC1=CC(C)C(O)=C(N)C1(C)/C=C\CCC[CH](C)[Al]([CH3])[O]c1ccc(C2=CC=CCC=C2)cc1. The maximum atomic E-state index is 10.4. The van der Waals surface area contributed by atoms with Crippen molar-refractivity contribution in [1.29, 1.82) is 0 Å². The van der Waals surface area contributed by atoms with Gasteiger partial charge in [-0.2, -0.15) is 0 Å². The van der Waals surface area contributed by atoms with Gasteiger partial charge in [-0.3, -0.25) is 0 Å². The first-order valence-corrected chi connectivity index (χ1v) is 15.4. The van der Waals surface area contributed by atoms with Crippen LogP contribution in [0.3, 0.4) is 0 Å². The molecule has 0 radical (unpaired) electrons. The van der Waals surface area contributed by atoms with Crippen LogP contribution in [0.2, 0.25) is 10.6 Å². The number of allylic oxidation sites excluding steroid dienone is 9. The zero-order chi connectivity index (χ0) is 25.4. The van der Waals surface area contributed by atoms with E-state index in [-0.39, 0.29) is 11.3 Å². The predicted molar refractivity (Wildman–Crippen MR) is 151 cm³/mol. The van der Waals surface area contributed by atoms with Crippen molar-refractivity contribution in [3.8, 4) is 5.75 Å². The third-order valence-electron chi connectivity index (χ3n) is 7.54. The van der Waals surface area contributed by atoms with Crippen molar-refractivity contribution < 1.29 is 8.90 Å². The van der Waals surface area contributed by atoms with Crippen molar-refractivity contribution in [1.82, 2.24) is 0 Å². The van der Waals surface area contributed by atoms with Crippen LogP contribution in [0.5, 0.6) is 5.75 Å². The van der Waals surface area contributed by atoms with E-state index < -0.39 is 14.5 Å². The van der Waals surface area contributed by atoms with E-state index in [4.69, 9.17) is 9.52 Å². The average molecular weight is 488 g/mol. The maximum Gasteiger partial charge on any atom is 0.546 e. The van der Waals surface area contributed by atoms with Crippen molar-refractivity contribution >= 4 is 20.1 Å². The fraction of sp³-hybridized carbons (Fsp3) is 0.419. The standard InChI is InChI=1S/C17H28NO.C13H12O.CH3.Al/c1-5-7-8-9-10-11-17(4)14(6-2)12-13(3)15(19)16(17)18;14-13-9-7-12(8-10-13)11-5-3-1-2-4-6-11;;/h5,10-13,19H,6-9,18H2,1-4H3;1,3-10,14H,2H2;1H3;/q;;;+1/p-1/b11-10-;;;. The van der Waals surface area contributed by atoms with Crippen LogP contribution in [0.4, 0.5) is 0 Å². The van der Waals surface area contributed by atoms with Crippen LogP contribution in [0.15, 0.2) is 89.9 Å². The lowest BCUT2D eigenvalue weighted by atomic mass is 9.71. The minimum atomic E-state index is -1.35. The summed E-state index contributed by atoms with van der Waals surface area (Å²) in [6.45, 7) is 8.59. The van der Waals surface area contributed by atoms with Crippen LogP contribution in [-0.4, -0.2) is 19.6 Å². The second kappa shape index (κ2) is 12.5. The molecule has 0 aromatic heterocycles.